The van der Waals surface area contributed by atoms with E-state index in [1.54, 1.807) is 7.05 Å². The molecule has 13 heavy (non-hydrogen) atoms. The number of anilines is 1. The Kier molecular flexibility index (Phi) is 2.93. The average Bonchev–Trinajstić information content (AvgIpc) is 2.41. The molecule has 7 heteroatoms. The van der Waals surface area contributed by atoms with E-state index in [4.69, 9.17) is 5.84 Å². The molecule has 0 amide bonds. The maximum atomic E-state index is 10.7. The van der Waals surface area contributed by atoms with Gasteiger partial charge in [-0.25, -0.2) is 10.6 Å². The summed E-state index contributed by atoms with van der Waals surface area (Å²) in [6.07, 6.45) is 0. The van der Waals surface area contributed by atoms with E-state index in [1.807, 2.05) is 0 Å². The van der Waals surface area contributed by atoms with Crippen LogP contribution in [0.3, 0.4) is 0 Å². The van der Waals surface area contributed by atoms with Gasteiger partial charge in [0.25, 0.3) is 0 Å². The highest BCUT2D eigenvalue weighted by atomic mass is 16.3. The number of hydrogen-bond donors (Lipinski definition) is 5. The molecular weight excluding hydrogens is 174 g/mol. The summed E-state index contributed by atoms with van der Waals surface area (Å²) in [5.74, 6) is 5.49. The van der Waals surface area contributed by atoms with Gasteiger partial charge in [0, 0.05) is 13.1 Å². The van der Waals surface area contributed by atoms with Gasteiger partial charge < -0.3 is 10.4 Å². The van der Waals surface area contributed by atoms with Crippen LogP contribution in [0.4, 0.5) is 5.82 Å². The summed E-state index contributed by atoms with van der Waals surface area (Å²) in [6.45, 7) is 1.14. The van der Waals surface area contributed by atoms with Crippen molar-refractivity contribution in [3.63, 3.8) is 0 Å². The number of likely N-dealkylation sites (N-methyl/N-ethyl adjacent to an activating group) is 1. The van der Waals surface area contributed by atoms with Gasteiger partial charge in [-0.2, -0.15) is 0 Å². The largest absolute Gasteiger partial charge is 0.492 e. The zero-order valence-electron chi connectivity index (χ0n) is 7.29. The van der Waals surface area contributed by atoms with Crippen molar-refractivity contribution in [1.82, 2.24) is 15.3 Å². The molecule has 0 fully saturated rings. The fraction of sp³-hybridized carbons (Fsp3) is 0.500. The summed E-state index contributed by atoms with van der Waals surface area (Å²) in [4.78, 5) is 15.3. The number of nitrogens with one attached hydrogen (secondary N) is 3. The molecule has 0 aliphatic heterocycles. The first-order valence-electron chi connectivity index (χ1n) is 3.83. The van der Waals surface area contributed by atoms with Gasteiger partial charge in [0.1, 0.15) is 0 Å². The first-order chi connectivity index (χ1) is 6.15. The van der Waals surface area contributed by atoms with E-state index in [-0.39, 0.29) is 11.7 Å². The second-order valence-corrected chi connectivity index (χ2v) is 2.57. The molecular formula is C6H13N5O2. The Labute approximate surface area is 74.5 Å². The Balaban J connectivity index is 2.70. The van der Waals surface area contributed by atoms with E-state index in [1.165, 1.54) is 5.01 Å². The number of aromatic hydroxyl groups is 1. The molecule has 0 bridgehead atoms. The summed E-state index contributed by atoms with van der Waals surface area (Å²) < 4.78 is 0. The van der Waals surface area contributed by atoms with Crippen molar-refractivity contribution in [3.05, 3.63) is 10.5 Å². The van der Waals surface area contributed by atoms with E-state index < -0.39 is 5.69 Å². The van der Waals surface area contributed by atoms with Crippen molar-refractivity contribution in [2.45, 2.75) is 0 Å². The molecule has 0 spiro atoms. The van der Waals surface area contributed by atoms with E-state index in [9.17, 15) is 9.90 Å². The first kappa shape index (κ1) is 9.62. The van der Waals surface area contributed by atoms with Gasteiger partial charge in [-0.15, -0.1) is 0 Å². The van der Waals surface area contributed by atoms with Crippen LogP contribution in [-0.2, 0) is 0 Å². The molecule has 7 nitrogen and oxygen atoms in total. The van der Waals surface area contributed by atoms with Gasteiger partial charge in [0.15, 0.2) is 5.82 Å². The van der Waals surface area contributed by atoms with Crippen LogP contribution in [0.1, 0.15) is 0 Å². The molecule has 0 aliphatic carbocycles. The lowest BCUT2D eigenvalue weighted by molar-refractivity contribution is 0.454. The van der Waals surface area contributed by atoms with Crippen LogP contribution in [0.25, 0.3) is 0 Å². The van der Waals surface area contributed by atoms with Gasteiger partial charge in [-0.1, -0.05) is 0 Å². The summed E-state index contributed by atoms with van der Waals surface area (Å²) in [5, 5.41) is 13.3. The second-order valence-electron chi connectivity index (χ2n) is 2.57. The number of nitrogens with zero attached hydrogens (tertiary/aromatic N) is 1. The molecule has 0 aromatic carbocycles. The van der Waals surface area contributed by atoms with Gasteiger partial charge >= 0.3 is 5.69 Å². The molecule has 0 radical (unpaired) electrons. The number of rotatable bonds is 4. The third-order valence-corrected chi connectivity index (χ3v) is 1.58. The lowest BCUT2D eigenvalue weighted by Gasteiger charge is -2.15. The summed E-state index contributed by atoms with van der Waals surface area (Å²) in [6, 6.07) is 0. The number of aromatic amines is 2. The normalized spacial score (nSPS) is 10.3. The minimum atomic E-state index is -0.479. The van der Waals surface area contributed by atoms with Crippen LogP contribution in [0.15, 0.2) is 4.79 Å². The van der Waals surface area contributed by atoms with E-state index in [0.717, 1.165) is 0 Å². The molecule has 1 heterocycles. The lowest BCUT2D eigenvalue weighted by atomic mass is 10.5. The first-order valence-corrected chi connectivity index (χ1v) is 3.83. The minimum Gasteiger partial charge on any atom is -0.492 e. The standard InChI is InChI=1S/C6H13N5O2/c1-8-2-3-11(7)4-5(12)10-6(13)9-4/h8,12H,2-3,7H2,1H3,(H2,9,10,13). The zero-order valence-corrected chi connectivity index (χ0v) is 7.29. The van der Waals surface area contributed by atoms with Crippen molar-refractivity contribution < 1.29 is 5.11 Å². The maximum Gasteiger partial charge on any atom is 0.327 e. The minimum absolute atomic E-state index is 0.195. The number of hydrogen-bond acceptors (Lipinski definition) is 5. The highest BCUT2D eigenvalue weighted by Gasteiger charge is 2.09. The Bertz CT molecular complexity index is 317. The zero-order chi connectivity index (χ0) is 9.84. The van der Waals surface area contributed by atoms with Crippen LogP contribution >= 0.6 is 0 Å². The van der Waals surface area contributed by atoms with Crippen LogP contribution in [0, 0.1) is 0 Å². The monoisotopic (exact) mass is 187 g/mol. The van der Waals surface area contributed by atoms with Crippen molar-refractivity contribution in [2.24, 2.45) is 5.84 Å². The van der Waals surface area contributed by atoms with Crippen molar-refractivity contribution in [2.75, 3.05) is 25.1 Å². The molecule has 0 atom stereocenters. The predicted octanol–water partition coefficient (Wildman–Crippen LogP) is -1.69. The fourth-order valence-electron chi connectivity index (χ4n) is 0.917. The predicted molar refractivity (Wildman–Crippen MR) is 48.5 cm³/mol. The lowest BCUT2D eigenvalue weighted by Crippen LogP contribution is -2.37. The van der Waals surface area contributed by atoms with Crippen LogP contribution < -0.4 is 21.9 Å². The molecule has 1 aromatic rings. The molecule has 0 unspecified atom stereocenters. The Hall–Kier alpha value is -1.47. The topological polar surface area (TPSA) is 110 Å². The van der Waals surface area contributed by atoms with Crippen molar-refractivity contribution in [3.8, 4) is 5.88 Å². The highest BCUT2D eigenvalue weighted by Crippen LogP contribution is 2.15. The molecule has 6 N–H and O–H groups in total. The third-order valence-electron chi connectivity index (χ3n) is 1.58. The third kappa shape index (κ3) is 2.23. The summed E-state index contributed by atoms with van der Waals surface area (Å²) >= 11 is 0. The molecule has 0 saturated heterocycles. The van der Waals surface area contributed by atoms with E-state index >= 15 is 0 Å². The molecule has 74 valence electrons. The van der Waals surface area contributed by atoms with Gasteiger partial charge in [0.05, 0.1) is 0 Å². The maximum absolute atomic E-state index is 10.7. The van der Waals surface area contributed by atoms with Gasteiger partial charge in [-0.3, -0.25) is 15.0 Å². The fourth-order valence-corrected chi connectivity index (χ4v) is 0.917. The van der Waals surface area contributed by atoms with Gasteiger partial charge in [-0.05, 0) is 7.05 Å². The van der Waals surface area contributed by atoms with Crippen molar-refractivity contribution in [1.29, 1.82) is 0 Å². The number of nitrogens with two attached hydrogens (primary N) is 1. The molecule has 0 saturated carbocycles. The Morgan fingerprint density at radius 2 is 2.31 bits per heavy atom. The molecule has 0 aliphatic rings. The second kappa shape index (κ2) is 3.97. The Morgan fingerprint density at radius 3 is 2.77 bits per heavy atom. The van der Waals surface area contributed by atoms with E-state index in [2.05, 4.69) is 15.3 Å². The van der Waals surface area contributed by atoms with Crippen LogP contribution in [0.5, 0.6) is 5.88 Å². The Morgan fingerprint density at radius 1 is 1.62 bits per heavy atom. The van der Waals surface area contributed by atoms with Crippen LogP contribution in [0.2, 0.25) is 0 Å². The smallest absolute Gasteiger partial charge is 0.327 e. The highest BCUT2D eigenvalue weighted by molar-refractivity contribution is 5.45. The molecule has 1 aromatic heterocycles. The number of H-pyrrole nitrogens is 2. The number of aromatic nitrogens is 2. The SMILES string of the molecule is CNCCN(N)c1[nH]c(=O)[nH]c1O. The van der Waals surface area contributed by atoms with Gasteiger partial charge in [0.2, 0.25) is 5.88 Å². The number of imidazole rings is 1. The molecule has 1 rings (SSSR count). The van der Waals surface area contributed by atoms with Crippen LogP contribution in [-0.4, -0.2) is 35.2 Å². The number of hydrazine groups is 1. The van der Waals surface area contributed by atoms with E-state index in [0.29, 0.717) is 13.1 Å². The summed E-state index contributed by atoms with van der Waals surface area (Å²) in [7, 11) is 1.79. The summed E-state index contributed by atoms with van der Waals surface area (Å²) in [5.41, 5.74) is -0.479. The quantitative estimate of drug-likeness (QED) is 0.285. The van der Waals surface area contributed by atoms with Crippen molar-refractivity contribution >= 4 is 5.82 Å². The average molecular weight is 187 g/mol.